The van der Waals surface area contributed by atoms with E-state index in [4.69, 9.17) is 0 Å². The summed E-state index contributed by atoms with van der Waals surface area (Å²) >= 11 is 0. The molecule has 1 saturated carbocycles. The van der Waals surface area contributed by atoms with Gasteiger partial charge < -0.3 is 15.7 Å². The van der Waals surface area contributed by atoms with Gasteiger partial charge in [0.15, 0.2) is 0 Å². The smallest absolute Gasteiger partial charge is 0.314 e. The minimum atomic E-state index is -0.179. The first kappa shape index (κ1) is 18.2. The zero-order valence-electron chi connectivity index (χ0n) is 15.2. The van der Waals surface area contributed by atoms with Crippen LogP contribution >= 0.6 is 0 Å². The molecule has 25 heavy (non-hydrogen) atoms. The van der Waals surface area contributed by atoms with Gasteiger partial charge in [0.2, 0.25) is 0 Å². The molecule has 1 heterocycles. The largest absolute Gasteiger partial charge is 0.393 e. The number of carbonyl (C=O) groups is 1. The highest BCUT2D eigenvalue weighted by Gasteiger charge is 2.24. The van der Waals surface area contributed by atoms with Gasteiger partial charge in [-0.05, 0) is 49.1 Å². The summed E-state index contributed by atoms with van der Waals surface area (Å²) in [6, 6.07) is 8.93. The number of benzene rings is 1. The Kier molecular flexibility index (Phi) is 6.32. The number of amides is 2. The molecule has 3 rings (SSSR count). The molecule has 3 atom stereocenters. The van der Waals surface area contributed by atoms with E-state index in [9.17, 15) is 9.90 Å². The fourth-order valence-corrected chi connectivity index (χ4v) is 4.10. The number of hydrogen-bond acceptors (Lipinski definition) is 3. The summed E-state index contributed by atoms with van der Waals surface area (Å²) in [4.78, 5) is 14.6. The van der Waals surface area contributed by atoms with Crippen molar-refractivity contribution in [1.29, 1.82) is 0 Å². The minimum Gasteiger partial charge on any atom is -0.393 e. The van der Waals surface area contributed by atoms with Gasteiger partial charge in [0.05, 0.1) is 6.10 Å². The van der Waals surface area contributed by atoms with E-state index < -0.39 is 0 Å². The summed E-state index contributed by atoms with van der Waals surface area (Å²) in [7, 11) is 0. The van der Waals surface area contributed by atoms with Crippen LogP contribution in [0, 0.1) is 5.92 Å². The highest BCUT2D eigenvalue weighted by Crippen LogP contribution is 2.24. The molecule has 0 bridgehead atoms. The second-order valence-corrected chi connectivity index (χ2v) is 7.48. The number of nitrogens with one attached hydrogen (secondary N) is 2. The highest BCUT2D eigenvalue weighted by atomic mass is 16.3. The molecule has 1 aromatic carbocycles. The summed E-state index contributed by atoms with van der Waals surface area (Å²) < 4.78 is 0. The van der Waals surface area contributed by atoms with Crippen LogP contribution in [0.2, 0.25) is 0 Å². The number of fused-ring (bicyclic) bond motifs is 1. The average Bonchev–Trinajstić information content (AvgIpc) is 3.05. The number of nitrogens with zero attached hydrogens (tertiary/aromatic N) is 1. The molecular weight excluding hydrogens is 314 g/mol. The molecule has 0 saturated heterocycles. The van der Waals surface area contributed by atoms with Crippen molar-refractivity contribution in [3.05, 3.63) is 35.4 Å². The zero-order valence-corrected chi connectivity index (χ0v) is 15.2. The normalized spacial score (nSPS) is 24.6. The third kappa shape index (κ3) is 4.95. The topological polar surface area (TPSA) is 64.6 Å². The number of carbonyl (C=O) groups excluding carboxylic acids is 1. The Balaban J connectivity index is 1.42. The van der Waals surface area contributed by atoms with Crippen LogP contribution in [0.3, 0.4) is 0 Å². The standard InChI is InChI=1S/C20H31N3O2/c1-2-18(23-10-9-16-5-3-4-6-17(16)14-23)13-22-20(25)21-12-15-7-8-19(24)11-15/h3-6,15,18-19,24H,2,7-14H2,1H3,(H2,21,22,25)/t15-,18-,19-/m1/s1. The van der Waals surface area contributed by atoms with Crippen LogP contribution < -0.4 is 10.6 Å². The van der Waals surface area contributed by atoms with Crippen molar-refractivity contribution < 1.29 is 9.90 Å². The number of urea groups is 1. The Morgan fingerprint density at radius 2 is 2.08 bits per heavy atom. The summed E-state index contributed by atoms with van der Waals surface area (Å²) in [6.45, 7) is 5.55. The molecule has 0 unspecified atom stereocenters. The van der Waals surface area contributed by atoms with Gasteiger partial charge in [-0.3, -0.25) is 4.90 Å². The first-order valence-corrected chi connectivity index (χ1v) is 9.66. The maximum absolute atomic E-state index is 12.1. The van der Waals surface area contributed by atoms with Crippen molar-refractivity contribution in [2.24, 2.45) is 5.92 Å². The van der Waals surface area contributed by atoms with Gasteiger partial charge >= 0.3 is 6.03 Å². The van der Waals surface area contributed by atoms with E-state index in [2.05, 4.69) is 46.7 Å². The van der Waals surface area contributed by atoms with E-state index in [0.29, 0.717) is 25.0 Å². The van der Waals surface area contributed by atoms with Crippen molar-refractivity contribution in [2.75, 3.05) is 19.6 Å². The van der Waals surface area contributed by atoms with Crippen LogP contribution in [0.25, 0.3) is 0 Å². The van der Waals surface area contributed by atoms with Gasteiger partial charge in [-0.2, -0.15) is 0 Å². The van der Waals surface area contributed by atoms with Crippen molar-refractivity contribution >= 4 is 6.03 Å². The molecular formula is C20H31N3O2. The fourth-order valence-electron chi connectivity index (χ4n) is 4.10. The van der Waals surface area contributed by atoms with Crippen LogP contribution in [0.4, 0.5) is 4.79 Å². The molecule has 0 radical (unpaired) electrons. The molecule has 1 aliphatic heterocycles. The molecule has 1 aromatic rings. The number of aliphatic hydroxyl groups excluding tert-OH is 1. The summed E-state index contributed by atoms with van der Waals surface area (Å²) in [5, 5.41) is 15.6. The second kappa shape index (κ2) is 8.68. The maximum Gasteiger partial charge on any atom is 0.314 e. The molecule has 0 aromatic heterocycles. The van der Waals surface area contributed by atoms with E-state index in [1.165, 1.54) is 11.1 Å². The Morgan fingerprint density at radius 3 is 2.80 bits per heavy atom. The lowest BCUT2D eigenvalue weighted by Crippen LogP contribution is -2.48. The van der Waals surface area contributed by atoms with Crippen molar-refractivity contribution in [3.8, 4) is 0 Å². The molecule has 2 amide bonds. The van der Waals surface area contributed by atoms with Crippen molar-refractivity contribution in [1.82, 2.24) is 15.5 Å². The third-order valence-corrected chi connectivity index (χ3v) is 5.71. The van der Waals surface area contributed by atoms with E-state index in [1.807, 2.05) is 0 Å². The first-order valence-electron chi connectivity index (χ1n) is 9.66. The van der Waals surface area contributed by atoms with Crippen LogP contribution in [-0.4, -0.2) is 47.8 Å². The molecule has 5 heteroatoms. The summed E-state index contributed by atoms with van der Waals surface area (Å²) in [6.07, 6.45) is 4.61. The van der Waals surface area contributed by atoms with E-state index in [-0.39, 0.29) is 12.1 Å². The van der Waals surface area contributed by atoms with Crippen LogP contribution in [0.15, 0.2) is 24.3 Å². The van der Waals surface area contributed by atoms with Crippen LogP contribution in [0.1, 0.15) is 43.7 Å². The van der Waals surface area contributed by atoms with E-state index >= 15 is 0 Å². The van der Waals surface area contributed by atoms with Gasteiger partial charge in [0, 0.05) is 32.2 Å². The molecule has 5 nitrogen and oxygen atoms in total. The van der Waals surface area contributed by atoms with E-state index in [0.717, 1.165) is 45.2 Å². The lowest BCUT2D eigenvalue weighted by molar-refractivity contribution is 0.168. The Morgan fingerprint density at radius 1 is 1.28 bits per heavy atom. The monoisotopic (exact) mass is 345 g/mol. The quantitative estimate of drug-likeness (QED) is 0.741. The average molecular weight is 345 g/mol. The van der Waals surface area contributed by atoms with Crippen molar-refractivity contribution in [3.63, 3.8) is 0 Å². The SMILES string of the molecule is CC[C@H](CNC(=O)NC[C@@H]1CC[C@@H](O)C1)N1CCc2ccccc2C1. The molecule has 2 aliphatic rings. The maximum atomic E-state index is 12.1. The third-order valence-electron chi connectivity index (χ3n) is 5.71. The predicted molar refractivity (Wildman–Crippen MR) is 99.4 cm³/mol. The minimum absolute atomic E-state index is 0.0859. The Bertz CT molecular complexity index is 578. The molecule has 138 valence electrons. The molecule has 0 spiro atoms. The molecule has 1 fully saturated rings. The first-order chi connectivity index (χ1) is 12.2. The van der Waals surface area contributed by atoms with Gasteiger partial charge in [-0.15, -0.1) is 0 Å². The van der Waals surface area contributed by atoms with Crippen LogP contribution in [0.5, 0.6) is 0 Å². The molecule has 1 aliphatic carbocycles. The van der Waals surface area contributed by atoms with E-state index in [1.54, 1.807) is 0 Å². The Hall–Kier alpha value is -1.59. The summed E-state index contributed by atoms with van der Waals surface area (Å²) in [5.74, 6) is 0.418. The number of hydrogen-bond donors (Lipinski definition) is 3. The molecule has 3 N–H and O–H groups in total. The second-order valence-electron chi connectivity index (χ2n) is 7.48. The van der Waals surface area contributed by atoms with Gasteiger partial charge in [0.1, 0.15) is 0 Å². The fraction of sp³-hybridized carbons (Fsp3) is 0.650. The van der Waals surface area contributed by atoms with Gasteiger partial charge in [-0.25, -0.2) is 4.79 Å². The van der Waals surface area contributed by atoms with Crippen molar-refractivity contribution in [2.45, 2.75) is 57.7 Å². The van der Waals surface area contributed by atoms with Crippen LogP contribution in [-0.2, 0) is 13.0 Å². The Labute approximate surface area is 150 Å². The lowest BCUT2D eigenvalue weighted by atomic mass is 9.98. The van der Waals surface area contributed by atoms with Gasteiger partial charge in [0.25, 0.3) is 0 Å². The number of aliphatic hydroxyl groups is 1. The lowest BCUT2D eigenvalue weighted by Gasteiger charge is -2.35. The zero-order chi connectivity index (χ0) is 17.6. The number of rotatable bonds is 6. The summed E-state index contributed by atoms with van der Waals surface area (Å²) in [5.41, 5.74) is 2.87. The van der Waals surface area contributed by atoms with Gasteiger partial charge in [-0.1, -0.05) is 31.2 Å². The highest BCUT2D eigenvalue weighted by molar-refractivity contribution is 5.73. The predicted octanol–water partition coefficient (Wildman–Crippen LogP) is 2.28.